The number of ketones is 3. The molecule has 4 aromatic heterocycles. The number of ether oxygens (including phenoxy) is 15. The van der Waals surface area contributed by atoms with E-state index in [2.05, 4.69) is 30.6 Å². The van der Waals surface area contributed by atoms with E-state index >= 15 is 0 Å². The lowest BCUT2D eigenvalue weighted by Crippen LogP contribution is -2.61. The van der Waals surface area contributed by atoms with Crippen molar-refractivity contribution in [3.8, 4) is 11.3 Å². The zero-order valence-corrected chi connectivity index (χ0v) is 75.9. The van der Waals surface area contributed by atoms with Crippen LogP contribution >= 0.6 is 0 Å². The highest BCUT2D eigenvalue weighted by Crippen LogP contribution is 2.39. The maximum absolute atomic E-state index is 14.8. The van der Waals surface area contributed by atoms with Crippen LogP contribution in [0.5, 0.6) is 0 Å². The van der Waals surface area contributed by atoms with Gasteiger partial charge in [0.25, 0.3) is 17.7 Å². The Morgan fingerprint density at radius 3 is 2.07 bits per heavy atom. The Hall–Kier alpha value is -8.28. The summed E-state index contributed by atoms with van der Waals surface area (Å²) in [4.78, 5) is 98.7. The van der Waals surface area contributed by atoms with Crippen molar-refractivity contribution in [3.05, 3.63) is 84.0 Å². The van der Waals surface area contributed by atoms with Gasteiger partial charge in [-0.05, 0) is 138 Å². The van der Waals surface area contributed by atoms with E-state index in [9.17, 15) is 39.0 Å². The van der Waals surface area contributed by atoms with Gasteiger partial charge < -0.3 is 107 Å². The van der Waals surface area contributed by atoms with E-state index in [0.717, 1.165) is 30.4 Å². The fraction of sp³-hybridized carbons (Fsp3) is 0.692. The highest BCUT2D eigenvalue weighted by molar-refractivity contribution is 6.39. The van der Waals surface area contributed by atoms with Gasteiger partial charge in [-0.25, -0.2) is 24.1 Å². The minimum absolute atomic E-state index is 0.00921. The number of nitrogens with one attached hydrogen (secondary N) is 1. The molecular weight excluding hydrogens is 1650 g/mol. The number of cyclic esters (lactones) is 1. The Morgan fingerprint density at radius 1 is 0.717 bits per heavy atom. The van der Waals surface area contributed by atoms with Crippen molar-refractivity contribution < 1.29 is 114 Å². The van der Waals surface area contributed by atoms with Gasteiger partial charge >= 0.3 is 5.97 Å². The van der Waals surface area contributed by atoms with Crippen molar-refractivity contribution in [1.82, 2.24) is 49.9 Å². The molecule has 4 aliphatic rings. The summed E-state index contributed by atoms with van der Waals surface area (Å²) >= 11 is 0. The van der Waals surface area contributed by atoms with Crippen LogP contribution in [0.15, 0.2) is 82.7 Å². The molecule has 3 fully saturated rings. The lowest BCUT2D eigenvalue weighted by Gasteiger charge is -2.42. The van der Waals surface area contributed by atoms with Crippen LogP contribution in [0.1, 0.15) is 150 Å². The quantitative estimate of drug-likeness (QED) is 0.0106. The number of aliphatic hydroxyl groups excluding tert-OH is 1. The molecule has 0 unspecified atom stereocenters. The van der Waals surface area contributed by atoms with E-state index < -0.39 is 77.8 Å². The average molecular weight is 1780 g/mol. The van der Waals surface area contributed by atoms with Crippen LogP contribution in [0.2, 0.25) is 0 Å². The number of oxazole rings is 1. The molecule has 0 spiro atoms. The van der Waals surface area contributed by atoms with Crippen LogP contribution in [0.4, 0.5) is 11.8 Å². The monoisotopic (exact) mass is 1780 g/mol. The lowest BCUT2D eigenvalue weighted by atomic mass is 9.78. The number of aromatic nitrogens is 8. The lowest BCUT2D eigenvalue weighted by molar-refractivity contribution is -0.265. The number of carbonyl (C=O) groups is 6. The number of hydrogen-bond donors (Lipinski definition) is 5. The van der Waals surface area contributed by atoms with Crippen molar-refractivity contribution in [2.24, 2.45) is 35.5 Å². The van der Waals surface area contributed by atoms with E-state index in [-0.39, 0.29) is 92.5 Å². The number of piperidine rings is 1. The number of nitrogens with two attached hydrogens (primary N) is 2. The van der Waals surface area contributed by atoms with Gasteiger partial charge in [-0.3, -0.25) is 24.0 Å². The molecule has 15 atom stereocenters. The van der Waals surface area contributed by atoms with Gasteiger partial charge in [-0.1, -0.05) is 76.3 Å². The second-order valence-corrected chi connectivity index (χ2v) is 33.4. The molecule has 7 heterocycles. The maximum atomic E-state index is 14.8. The van der Waals surface area contributed by atoms with Crippen LogP contribution in [-0.2, 0) is 120 Å². The molecule has 2 bridgehead atoms. The van der Waals surface area contributed by atoms with E-state index in [4.69, 9.17) is 92.0 Å². The molecule has 1 saturated carbocycles. The minimum atomic E-state index is -2.47. The Morgan fingerprint density at radius 2 is 1.39 bits per heavy atom. The van der Waals surface area contributed by atoms with Gasteiger partial charge in [-0.15, -0.1) is 5.10 Å². The molecule has 0 radical (unpaired) electrons. The number of aryl methyl sites for hydroxylation is 1. The molecule has 36 nitrogen and oxygen atoms in total. The SMILES string of the molecule is CO[C@H]1C[C@@H]2CC[C@@H](C)[C@@](O)(O2)C(=O)C(=O)N2CCCC[C@H]2C(=O)O[C@H]([C@H](C)C[C@@H]2CC[C@@H](OCCOCc3cn(CCOCCOCCOCCOCCOCCOCCOCCOCCC(=O)NCCCCn4nc(-c5ccc6oc(N)nc6c5)c5c(N)ncnc54)nn3)[C@H](OC)C2)CC(=O)[C@H](C)C=C(C)[C@@H](O)[C@@H](OC)C(=O)[C@H](C)C[C@H](C)C=CC=CC=C1C. The number of esters is 1. The Labute approximate surface area is 744 Å². The predicted molar refractivity (Wildman–Crippen MR) is 469 cm³/mol. The molecule has 1 aromatic carbocycles. The Balaban J connectivity index is 0.586. The zero-order chi connectivity index (χ0) is 91.0. The number of anilines is 2. The summed E-state index contributed by atoms with van der Waals surface area (Å²) < 4.78 is 96.4. The van der Waals surface area contributed by atoms with Gasteiger partial charge in [0.15, 0.2) is 17.0 Å². The minimum Gasteiger partial charge on any atom is -0.460 e. The topological polar surface area (TPSA) is 449 Å². The Kier molecular flexibility index (Phi) is 43.9. The van der Waals surface area contributed by atoms with Crippen molar-refractivity contribution >= 4 is 69.1 Å². The number of hydrogen-bond acceptors (Lipinski definition) is 32. The van der Waals surface area contributed by atoms with E-state index in [1.54, 1.807) is 56.5 Å². The first-order valence-corrected chi connectivity index (χ1v) is 45.0. The van der Waals surface area contributed by atoms with Crippen LogP contribution in [0.3, 0.4) is 0 Å². The highest BCUT2D eigenvalue weighted by Gasteiger charge is 2.53. The summed E-state index contributed by atoms with van der Waals surface area (Å²) in [5, 5.41) is 40.7. The summed E-state index contributed by atoms with van der Waals surface area (Å²) in [6, 6.07) is 4.39. The number of methoxy groups -OCH3 is 3. The molecule has 9 rings (SSSR count). The van der Waals surface area contributed by atoms with Crippen molar-refractivity contribution in [2.75, 3.05) is 165 Å². The van der Waals surface area contributed by atoms with Gasteiger partial charge in [0.2, 0.25) is 11.7 Å². The number of carbonyl (C=O) groups excluding carboxylic acids is 6. The third-order valence-corrected chi connectivity index (χ3v) is 23.7. The zero-order valence-electron chi connectivity index (χ0n) is 75.9. The normalized spacial score (nSPS) is 25.2. The highest BCUT2D eigenvalue weighted by atomic mass is 16.6. The number of unbranched alkanes of at least 4 members (excludes halogenated alkanes) is 1. The molecule has 3 aliphatic heterocycles. The van der Waals surface area contributed by atoms with Crippen LogP contribution < -0.4 is 16.8 Å². The summed E-state index contributed by atoms with van der Waals surface area (Å²) in [6.07, 6.45) is 16.3. The van der Waals surface area contributed by atoms with E-state index in [1.807, 2.05) is 76.4 Å². The first-order chi connectivity index (χ1) is 61.4. The fourth-order valence-electron chi connectivity index (χ4n) is 16.4. The van der Waals surface area contributed by atoms with Gasteiger partial charge in [0.1, 0.15) is 59.2 Å². The van der Waals surface area contributed by atoms with Crippen molar-refractivity contribution in [3.63, 3.8) is 0 Å². The second kappa shape index (κ2) is 54.4. The predicted octanol–water partition coefficient (Wildman–Crippen LogP) is 8.25. The Bertz CT molecular complexity index is 4320. The summed E-state index contributed by atoms with van der Waals surface area (Å²) in [7, 11) is 4.61. The third-order valence-electron chi connectivity index (χ3n) is 23.7. The molecule has 5 aromatic rings. The van der Waals surface area contributed by atoms with E-state index in [1.165, 1.54) is 18.3 Å². The van der Waals surface area contributed by atoms with Gasteiger partial charge in [-0.2, -0.15) is 10.1 Å². The second-order valence-electron chi connectivity index (χ2n) is 33.4. The molecule has 127 heavy (non-hydrogen) atoms. The fourth-order valence-corrected chi connectivity index (χ4v) is 16.4. The summed E-state index contributed by atoms with van der Waals surface area (Å²) in [5.41, 5.74) is 17.1. The number of nitrogen functional groups attached to an aromatic ring is 2. The third kappa shape index (κ3) is 32.4. The standard InChI is InChI=1S/C91H138N12O24/c1-60-18-12-11-13-19-61(2)76(112-8)55-70-24-21-66(7)91(111,127-70)85(108)88(109)102-29-16-14-20-72(102)89(110)125-77(56-73(104)62(3)51-65(6)83(107)84(114-10)82(106)64(5)50-60)63(4)52-67-22-25-75(78(53-67)113-9)124-49-48-123-58-69-57-101(100-98-69)31-33-116-35-37-118-39-41-120-43-45-122-47-46-121-44-42-119-40-38-117-36-34-115-32-27-79(105)94-28-15-17-30-103-87-80(86(92)95-59-96-87)81(99-103)68-23-26-74-71(54-68)97-90(93)126-74/h11-13,18-19,23,26,51,54,57,59-60,62-64,66-67,70,72,75-78,83-84,107,111H,14-17,20-22,24-25,27-50,52-53,55-56,58H2,1-10H3,(H2,93,97)(H,94,105)(H2,92,95,96)/t60-,62-,63-,64-,66-,67+,70+,72+,75-,76+,77+,78-,83-,84+,91-/m1/s1. The van der Waals surface area contributed by atoms with Crippen LogP contribution in [0.25, 0.3) is 33.4 Å². The smallest absolute Gasteiger partial charge is 0.329 e. The number of allylic oxidation sites excluding steroid dienone is 6. The number of nitrogens with zero attached hydrogens (tertiary/aromatic N) is 9. The number of amides is 2. The largest absolute Gasteiger partial charge is 0.460 e. The first-order valence-electron chi connectivity index (χ1n) is 45.0. The molecule has 7 N–H and O–H groups in total. The first kappa shape index (κ1) is 102. The maximum Gasteiger partial charge on any atom is 0.329 e. The number of rotatable bonds is 45. The number of fused-ring (bicyclic) bond motifs is 5. The molecular formula is C91H138N12O24. The average Bonchev–Trinajstić information content (AvgIpc) is 1.54. The number of Topliss-reactive ketones (excluding diaryl/α,β-unsaturated/α-hetero) is 3. The van der Waals surface area contributed by atoms with Crippen molar-refractivity contribution in [2.45, 2.75) is 219 Å². The van der Waals surface area contributed by atoms with Gasteiger partial charge in [0, 0.05) is 83.5 Å². The molecule has 706 valence electrons. The van der Waals surface area contributed by atoms with E-state index in [0.29, 0.717) is 235 Å². The van der Waals surface area contributed by atoms with Crippen LogP contribution in [-0.4, -0.2) is 298 Å². The molecule has 2 amide bonds. The summed E-state index contributed by atoms with van der Waals surface area (Å²) in [5.74, 6) is -8.07. The number of aliphatic hydroxyl groups is 2. The molecule has 36 heteroatoms. The van der Waals surface area contributed by atoms with Crippen LogP contribution in [0, 0.1) is 35.5 Å². The number of benzene rings is 1. The molecule has 1 aliphatic carbocycles. The van der Waals surface area contributed by atoms with Gasteiger partial charge in [0.05, 0.1) is 168 Å². The molecule has 2 saturated heterocycles. The van der Waals surface area contributed by atoms with Crippen molar-refractivity contribution in [1.29, 1.82) is 0 Å². The summed E-state index contributed by atoms with van der Waals surface area (Å²) in [6.45, 7) is 21.6.